The van der Waals surface area contributed by atoms with Crippen molar-refractivity contribution in [2.75, 3.05) is 37.3 Å². The molecule has 1 saturated heterocycles. The topological polar surface area (TPSA) is 134 Å². The third-order valence-electron chi connectivity index (χ3n) is 5.72. The second-order valence-electron chi connectivity index (χ2n) is 8.22. The highest BCUT2D eigenvalue weighted by Gasteiger charge is 2.37. The van der Waals surface area contributed by atoms with Gasteiger partial charge in [-0.1, -0.05) is 18.2 Å². The normalized spacial score (nSPS) is 18.0. The number of morpholine rings is 1. The summed E-state index contributed by atoms with van der Waals surface area (Å²) in [4.78, 5) is 15.4. The molecule has 1 amide bonds. The maximum atomic E-state index is 13.4. The van der Waals surface area contributed by atoms with Gasteiger partial charge in [0.2, 0.25) is 10.0 Å². The predicted molar refractivity (Wildman–Crippen MR) is 129 cm³/mol. The highest BCUT2D eigenvalue weighted by Crippen LogP contribution is 2.60. The lowest BCUT2D eigenvalue weighted by molar-refractivity contribution is 0.0298. The number of carbonyl (C=O) groups is 1. The van der Waals surface area contributed by atoms with Gasteiger partial charge < -0.3 is 9.64 Å². The minimum Gasteiger partial charge on any atom is -0.378 e. The molecule has 2 aliphatic rings. The number of carbonyl (C=O) groups excluding carboxylic acids is 1. The Hall–Kier alpha value is -2.90. The maximum absolute atomic E-state index is 13.4. The summed E-state index contributed by atoms with van der Waals surface area (Å²) in [6, 6.07) is 13.7. The Balaban J connectivity index is 1.74. The van der Waals surface area contributed by atoms with Gasteiger partial charge in [0.25, 0.3) is 5.91 Å². The summed E-state index contributed by atoms with van der Waals surface area (Å²) in [7, 11) is -6.86. The van der Waals surface area contributed by atoms with Gasteiger partial charge in [-0.2, -0.15) is 15.7 Å². The van der Waals surface area contributed by atoms with Gasteiger partial charge >= 0.3 is 0 Å². The highest BCUT2D eigenvalue weighted by atomic mass is 32.3. The predicted octanol–water partition coefficient (Wildman–Crippen LogP) is 3.01. The van der Waals surface area contributed by atoms with Gasteiger partial charge in [0, 0.05) is 29.9 Å². The lowest BCUT2D eigenvalue weighted by Crippen LogP contribution is -2.41. The van der Waals surface area contributed by atoms with Crippen molar-refractivity contribution in [2.45, 2.75) is 10.6 Å². The van der Waals surface area contributed by atoms with Crippen molar-refractivity contribution in [1.82, 2.24) is 14.7 Å². The van der Waals surface area contributed by atoms with Crippen LogP contribution in [0.1, 0.15) is 16.1 Å². The molecule has 0 saturated carbocycles. The van der Waals surface area contributed by atoms with Gasteiger partial charge in [-0.05, 0) is 30.3 Å². The van der Waals surface area contributed by atoms with Crippen LogP contribution < -0.4 is 4.72 Å². The Morgan fingerprint density at radius 1 is 1.12 bits per heavy atom. The third-order valence-corrected chi connectivity index (χ3v) is 8.08. The van der Waals surface area contributed by atoms with Crippen LogP contribution in [0.3, 0.4) is 0 Å². The molecular formula is C22H24N4O6S2. The number of rotatable bonds is 4. The van der Waals surface area contributed by atoms with Crippen LogP contribution in [0.25, 0.3) is 16.9 Å². The Kier molecular flexibility index (Phi) is 5.65. The van der Waals surface area contributed by atoms with E-state index in [1.54, 1.807) is 15.6 Å². The molecule has 2 aliphatic heterocycles. The molecule has 0 unspecified atom stereocenters. The molecule has 12 heteroatoms. The fourth-order valence-electron chi connectivity index (χ4n) is 4.26. The van der Waals surface area contributed by atoms with E-state index in [1.165, 1.54) is 12.1 Å². The van der Waals surface area contributed by atoms with Crippen LogP contribution in [-0.4, -0.2) is 70.7 Å². The van der Waals surface area contributed by atoms with Gasteiger partial charge in [-0.25, -0.2) is 13.1 Å². The lowest BCUT2D eigenvalue weighted by atomic mass is 10.0. The molecule has 0 spiro atoms. The molecule has 0 aliphatic carbocycles. The largest absolute Gasteiger partial charge is 0.378 e. The van der Waals surface area contributed by atoms with Crippen molar-refractivity contribution in [3.63, 3.8) is 0 Å². The molecule has 10 nitrogen and oxygen atoms in total. The lowest BCUT2D eigenvalue weighted by Gasteiger charge is -2.38. The van der Waals surface area contributed by atoms with E-state index < -0.39 is 20.6 Å². The van der Waals surface area contributed by atoms with E-state index in [0.29, 0.717) is 48.8 Å². The second-order valence-corrected chi connectivity index (χ2v) is 12.0. The summed E-state index contributed by atoms with van der Waals surface area (Å²) < 4.78 is 55.1. The first-order valence-corrected chi connectivity index (χ1v) is 14.2. The van der Waals surface area contributed by atoms with Crippen LogP contribution in [0.4, 0.5) is 5.69 Å². The van der Waals surface area contributed by atoms with Crippen LogP contribution in [-0.2, 0) is 20.5 Å². The molecule has 0 atom stereocenters. The van der Waals surface area contributed by atoms with Gasteiger partial charge in [-0.15, -0.1) is 0 Å². The summed E-state index contributed by atoms with van der Waals surface area (Å²) in [5, 5.41) is 4.64. The highest BCUT2D eigenvalue weighted by molar-refractivity contribution is 8.23. The molecule has 34 heavy (non-hydrogen) atoms. The molecular weight excluding hydrogens is 480 g/mol. The van der Waals surface area contributed by atoms with Crippen molar-refractivity contribution in [3.8, 4) is 16.9 Å². The Morgan fingerprint density at radius 2 is 1.82 bits per heavy atom. The van der Waals surface area contributed by atoms with Crippen LogP contribution in [0.15, 0.2) is 53.4 Å². The van der Waals surface area contributed by atoms with E-state index in [-0.39, 0.29) is 27.9 Å². The van der Waals surface area contributed by atoms with Crippen molar-refractivity contribution in [3.05, 3.63) is 59.8 Å². The van der Waals surface area contributed by atoms with Crippen molar-refractivity contribution in [1.29, 1.82) is 0 Å². The number of nitrogens with zero attached hydrogens (tertiary/aromatic N) is 3. The molecule has 1 fully saturated rings. The van der Waals surface area contributed by atoms with Crippen LogP contribution >= 0.6 is 10.6 Å². The Labute approximate surface area is 198 Å². The number of hydrogen-bond donors (Lipinski definition) is 3. The molecule has 0 radical (unpaired) electrons. The smallest absolute Gasteiger partial charge is 0.274 e. The minimum absolute atomic E-state index is 0.146. The zero-order valence-electron chi connectivity index (χ0n) is 18.3. The van der Waals surface area contributed by atoms with E-state index in [1.807, 2.05) is 30.3 Å². The summed E-state index contributed by atoms with van der Waals surface area (Å²) in [6.07, 6.45) is 1.04. The van der Waals surface area contributed by atoms with Crippen LogP contribution in [0, 0.1) is 0 Å². The quantitative estimate of drug-likeness (QED) is 0.497. The Morgan fingerprint density at radius 3 is 2.50 bits per heavy atom. The molecule has 3 aromatic rings. The van der Waals surface area contributed by atoms with E-state index >= 15 is 0 Å². The van der Waals surface area contributed by atoms with E-state index in [0.717, 1.165) is 6.26 Å². The standard InChI is InChI=1S/C22H24N4O6S2/c1-33(28,29)24-15-7-8-19-17(13-15)21-18(14-34(19,30)31)20(22(27)25-9-11-32-12-10-25)23-26(21)16-5-3-2-4-6-16/h2-8,13,24,30-31H,9-12,14H2,1H3. The van der Waals surface area contributed by atoms with Crippen LogP contribution in [0.2, 0.25) is 0 Å². The van der Waals surface area contributed by atoms with E-state index in [2.05, 4.69) is 9.82 Å². The number of anilines is 1. The number of amides is 1. The van der Waals surface area contributed by atoms with Gasteiger partial charge in [0.05, 0.1) is 41.5 Å². The fraction of sp³-hybridized carbons (Fsp3) is 0.273. The van der Waals surface area contributed by atoms with Crippen molar-refractivity contribution >= 4 is 32.2 Å². The average Bonchev–Trinajstić information content (AvgIpc) is 3.17. The first-order valence-electron chi connectivity index (χ1n) is 10.6. The Bertz CT molecular complexity index is 1370. The van der Waals surface area contributed by atoms with Crippen LogP contribution in [0.5, 0.6) is 0 Å². The molecule has 180 valence electrons. The number of aromatic nitrogens is 2. The molecule has 3 N–H and O–H groups in total. The first-order chi connectivity index (χ1) is 16.1. The van der Waals surface area contributed by atoms with Gasteiger partial charge in [0.15, 0.2) is 5.69 Å². The summed E-state index contributed by atoms with van der Waals surface area (Å²) in [5.74, 6) is -0.467. The van der Waals surface area contributed by atoms with Gasteiger partial charge in [-0.3, -0.25) is 18.6 Å². The zero-order valence-corrected chi connectivity index (χ0v) is 20.0. The number of nitrogens with one attached hydrogen (secondary N) is 1. The second kappa shape index (κ2) is 8.40. The first kappa shape index (κ1) is 22.9. The number of sulfonamides is 1. The third kappa shape index (κ3) is 4.18. The number of benzene rings is 2. The van der Waals surface area contributed by atoms with E-state index in [9.17, 15) is 22.3 Å². The number of para-hydroxylation sites is 1. The average molecular weight is 505 g/mol. The zero-order chi connectivity index (χ0) is 24.1. The molecule has 2 aromatic carbocycles. The fourth-order valence-corrected chi connectivity index (χ4v) is 6.44. The molecule has 0 bridgehead atoms. The monoisotopic (exact) mass is 504 g/mol. The summed E-state index contributed by atoms with van der Waals surface area (Å²) >= 11 is 0. The van der Waals surface area contributed by atoms with Gasteiger partial charge in [0.1, 0.15) is 0 Å². The summed E-state index contributed by atoms with van der Waals surface area (Å²) in [6.45, 7) is 1.68. The maximum Gasteiger partial charge on any atom is 0.274 e. The SMILES string of the molecule is CS(=O)(=O)Nc1ccc2c(c1)-c1c(c(C(=O)N3CCOCC3)nn1-c1ccccc1)CS2(O)O. The van der Waals surface area contributed by atoms with E-state index in [4.69, 9.17) is 4.74 Å². The molecule has 1 aromatic heterocycles. The molecule has 5 rings (SSSR count). The van der Waals surface area contributed by atoms with Crippen molar-refractivity contribution < 1.29 is 27.1 Å². The number of fused-ring (bicyclic) bond motifs is 3. The molecule has 3 heterocycles. The minimum atomic E-state index is -3.56. The summed E-state index contributed by atoms with van der Waals surface area (Å²) in [5.41, 5.74) is 2.46. The number of hydrogen-bond acceptors (Lipinski definition) is 7. The number of ether oxygens (including phenoxy) is 1. The van der Waals surface area contributed by atoms with Crippen molar-refractivity contribution in [2.24, 2.45) is 0 Å².